The van der Waals surface area contributed by atoms with Gasteiger partial charge in [0.2, 0.25) is 0 Å². The van der Waals surface area contributed by atoms with Crippen molar-refractivity contribution in [3.05, 3.63) is 0 Å². The highest BCUT2D eigenvalue weighted by Crippen LogP contribution is 2.07. The molecule has 0 amide bonds. The van der Waals surface area contributed by atoms with Gasteiger partial charge in [-0.15, -0.1) is 0 Å². The maximum Gasteiger partial charge on any atom is 0.267 e. The second-order valence-corrected chi connectivity index (χ2v) is 5.84. The van der Waals surface area contributed by atoms with Crippen LogP contribution in [0, 0.1) is 0 Å². The maximum absolute atomic E-state index is 10.5. The quantitative estimate of drug-likeness (QED) is 0.315. The third kappa shape index (κ3) is 6.06. The lowest BCUT2D eigenvalue weighted by molar-refractivity contribution is -0.917. The van der Waals surface area contributed by atoms with Crippen LogP contribution in [0.5, 0.6) is 0 Å². The zero-order valence-corrected chi connectivity index (χ0v) is 10.2. The Bertz CT molecular complexity index is 289. The van der Waals surface area contributed by atoms with Crippen LogP contribution in [0.2, 0.25) is 0 Å². The lowest BCUT2D eigenvalue weighted by atomic mass is 10.2. The Kier molecular flexibility index (Phi) is 5.15. The van der Waals surface area contributed by atoms with Crippen molar-refractivity contribution in [1.29, 1.82) is 0 Å². The molecule has 0 bridgehead atoms. The van der Waals surface area contributed by atoms with Crippen molar-refractivity contribution < 1.29 is 22.6 Å². The summed E-state index contributed by atoms with van der Waals surface area (Å²) in [5.74, 6) is -0.648. The summed E-state index contributed by atoms with van der Waals surface area (Å²) in [4.78, 5) is 0. The molecule has 0 spiro atoms. The van der Waals surface area contributed by atoms with Crippen LogP contribution < -0.4 is 5.73 Å². The molecule has 0 aromatic heterocycles. The fourth-order valence-electron chi connectivity index (χ4n) is 1.47. The van der Waals surface area contributed by atoms with Gasteiger partial charge in [0.05, 0.1) is 14.1 Å². The summed E-state index contributed by atoms with van der Waals surface area (Å²) in [6.07, 6.45) is -0.542. The molecule has 2 unspecified atom stereocenters. The number of rotatable bonds is 6. The van der Waals surface area contributed by atoms with E-state index in [4.69, 9.17) is 10.3 Å². The first kappa shape index (κ1) is 14.8. The van der Waals surface area contributed by atoms with Crippen molar-refractivity contribution in [2.24, 2.45) is 5.73 Å². The van der Waals surface area contributed by atoms with Crippen LogP contribution in [0.3, 0.4) is 0 Å². The van der Waals surface area contributed by atoms with E-state index in [1.165, 1.54) is 0 Å². The highest BCUT2D eigenvalue weighted by molar-refractivity contribution is 7.85. The van der Waals surface area contributed by atoms with E-state index in [-0.39, 0.29) is 12.7 Å². The molecule has 0 aliphatic rings. The maximum atomic E-state index is 10.5. The minimum atomic E-state index is -4.13. The van der Waals surface area contributed by atoms with Crippen molar-refractivity contribution in [3.8, 4) is 0 Å². The predicted octanol–water partition coefficient (Wildman–Crippen LogP) is -0.994. The molecule has 0 aromatic carbocycles. The molecule has 4 N–H and O–H groups in total. The van der Waals surface area contributed by atoms with Gasteiger partial charge < -0.3 is 9.59 Å². The first-order valence-corrected chi connectivity index (χ1v) is 6.41. The monoisotopic (exact) mass is 241 g/mol. The molecule has 0 fully saturated rings. The standard InChI is InChI=1S/C8H20N2O4S/c1-4-8(9)10(2,3)5-7(11)6-15(12,13)14/h7-8,11H,4-6,9H2,1-3H3/p+1. The highest BCUT2D eigenvalue weighted by Gasteiger charge is 2.28. The number of quaternary nitrogens is 1. The van der Waals surface area contributed by atoms with E-state index in [2.05, 4.69) is 0 Å². The van der Waals surface area contributed by atoms with Gasteiger partial charge in [-0.1, -0.05) is 6.92 Å². The smallest absolute Gasteiger partial charge is 0.267 e. The Hall–Kier alpha value is -0.210. The van der Waals surface area contributed by atoms with Crippen molar-refractivity contribution in [2.75, 3.05) is 26.4 Å². The summed E-state index contributed by atoms with van der Waals surface area (Å²) in [6.45, 7) is 2.11. The molecular weight excluding hydrogens is 220 g/mol. The van der Waals surface area contributed by atoms with Gasteiger partial charge in [0, 0.05) is 6.42 Å². The van der Waals surface area contributed by atoms with E-state index in [0.717, 1.165) is 6.42 Å². The Balaban J connectivity index is 4.34. The van der Waals surface area contributed by atoms with Crippen molar-refractivity contribution in [1.82, 2.24) is 0 Å². The van der Waals surface area contributed by atoms with Gasteiger partial charge in [-0.3, -0.25) is 10.3 Å². The molecule has 7 heteroatoms. The number of aliphatic hydroxyl groups is 1. The average molecular weight is 241 g/mol. The minimum Gasteiger partial charge on any atom is -0.386 e. The van der Waals surface area contributed by atoms with E-state index in [1.807, 2.05) is 6.92 Å². The molecule has 0 heterocycles. The van der Waals surface area contributed by atoms with Crippen LogP contribution in [0.25, 0.3) is 0 Å². The lowest BCUT2D eigenvalue weighted by Gasteiger charge is -2.36. The third-order valence-corrected chi connectivity index (χ3v) is 3.21. The second-order valence-electron chi connectivity index (χ2n) is 4.34. The fourth-order valence-corrected chi connectivity index (χ4v) is 2.06. The fraction of sp³-hybridized carbons (Fsp3) is 1.00. The topological polar surface area (TPSA) is 101 Å². The van der Waals surface area contributed by atoms with E-state index in [0.29, 0.717) is 4.48 Å². The summed E-state index contributed by atoms with van der Waals surface area (Å²) in [7, 11) is -0.515. The average Bonchev–Trinajstić information content (AvgIpc) is 1.97. The van der Waals surface area contributed by atoms with Crippen LogP contribution in [0.4, 0.5) is 0 Å². The molecule has 6 nitrogen and oxygen atoms in total. The van der Waals surface area contributed by atoms with Gasteiger partial charge in [-0.2, -0.15) is 8.42 Å². The first-order valence-electron chi connectivity index (χ1n) is 4.80. The third-order valence-electron chi connectivity index (χ3n) is 2.40. The number of likely N-dealkylation sites (N-methyl/N-ethyl adjacent to an activating group) is 1. The van der Waals surface area contributed by atoms with Crippen molar-refractivity contribution >= 4 is 10.1 Å². The second kappa shape index (κ2) is 5.22. The number of hydrogen-bond donors (Lipinski definition) is 3. The van der Waals surface area contributed by atoms with Crippen molar-refractivity contribution in [3.63, 3.8) is 0 Å². The number of nitrogens with zero attached hydrogens (tertiary/aromatic N) is 1. The van der Waals surface area contributed by atoms with Crippen molar-refractivity contribution in [2.45, 2.75) is 25.6 Å². The Morgan fingerprint density at radius 3 is 2.20 bits per heavy atom. The number of aliphatic hydroxyl groups excluding tert-OH is 1. The summed E-state index contributed by atoms with van der Waals surface area (Å²) in [6, 6.07) is 0. The molecule has 0 aliphatic heterocycles. The number of hydrogen-bond acceptors (Lipinski definition) is 4. The van der Waals surface area contributed by atoms with Crippen LogP contribution >= 0.6 is 0 Å². The van der Waals surface area contributed by atoms with Crippen LogP contribution in [-0.4, -0.2) is 61.2 Å². The zero-order valence-electron chi connectivity index (χ0n) is 9.42. The van der Waals surface area contributed by atoms with Gasteiger partial charge in [0.15, 0.2) is 0 Å². The Morgan fingerprint density at radius 2 is 1.87 bits per heavy atom. The molecular formula is C8H21N2O4S+. The van der Waals surface area contributed by atoms with Gasteiger partial charge in [0.25, 0.3) is 10.1 Å². The molecule has 0 saturated carbocycles. The SMILES string of the molecule is CCC(N)[N+](C)(C)CC(O)CS(=O)(=O)O. The predicted molar refractivity (Wildman–Crippen MR) is 57.7 cm³/mol. The molecule has 15 heavy (non-hydrogen) atoms. The molecule has 0 aliphatic carbocycles. The normalized spacial score (nSPS) is 17.5. The van der Waals surface area contributed by atoms with E-state index in [9.17, 15) is 13.5 Å². The highest BCUT2D eigenvalue weighted by atomic mass is 32.2. The minimum absolute atomic E-state index is 0.166. The van der Waals surface area contributed by atoms with E-state index < -0.39 is 22.0 Å². The Morgan fingerprint density at radius 1 is 1.40 bits per heavy atom. The molecule has 92 valence electrons. The van der Waals surface area contributed by atoms with Gasteiger partial charge in [0.1, 0.15) is 24.6 Å². The summed E-state index contributed by atoms with van der Waals surface area (Å²) in [5, 5.41) is 9.45. The summed E-state index contributed by atoms with van der Waals surface area (Å²) < 4.78 is 29.9. The van der Waals surface area contributed by atoms with Crippen LogP contribution in [-0.2, 0) is 10.1 Å². The van der Waals surface area contributed by atoms with Gasteiger partial charge >= 0.3 is 0 Å². The van der Waals surface area contributed by atoms with E-state index in [1.54, 1.807) is 14.1 Å². The number of nitrogens with two attached hydrogens (primary N) is 1. The first-order chi connectivity index (χ1) is 6.58. The molecule has 0 saturated heterocycles. The van der Waals surface area contributed by atoms with E-state index >= 15 is 0 Å². The zero-order chi connectivity index (χ0) is 12.3. The van der Waals surface area contributed by atoms with Gasteiger partial charge in [-0.05, 0) is 0 Å². The molecule has 0 aromatic rings. The van der Waals surface area contributed by atoms with Gasteiger partial charge in [-0.25, -0.2) is 0 Å². The molecule has 2 atom stereocenters. The Labute approximate surface area is 91.0 Å². The largest absolute Gasteiger partial charge is 0.386 e. The lowest BCUT2D eigenvalue weighted by Crippen LogP contribution is -2.57. The van der Waals surface area contributed by atoms with Crippen LogP contribution in [0.15, 0.2) is 0 Å². The summed E-state index contributed by atoms with van der Waals surface area (Å²) >= 11 is 0. The molecule has 0 radical (unpaired) electrons. The molecule has 0 rings (SSSR count). The summed E-state index contributed by atoms with van der Waals surface area (Å²) in [5.41, 5.74) is 5.81. The van der Waals surface area contributed by atoms with Crippen LogP contribution in [0.1, 0.15) is 13.3 Å².